The average molecular weight is 587 g/mol. The van der Waals surface area contributed by atoms with Crippen molar-refractivity contribution in [3.63, 3.8) is 0 Å². The van der Waals surface area contributed by atoms with E-state index in [-0.39, 0.29) is 43.8 Å². The summed E-state index contributed by atoms with van der Waals surface area (Å²) in [7, 11) is -3.59. The number of ether oxygens (including phenoxy) is 1. The van der Waals surface area contributed by atoms with Gasteiger partial charge in [-0.25, -0.2) is 8.42 Å². The van der Waals surface area contributed by atoms with Crippen LogP contribution in [0.15, 0.2) is 42.5 Å². The first-order valence-corrected chi connectivity index (χ1v) is 15.2. The summed E-state index contributed by atoms with van der Waals surface area (Å²) in [6.45, 7) is 8.17. The molecule has 0 aliphatic heterocycles. The summed E-state index contributed by atoms with van der Waals surface area (Å²) < 4.78 is 31.7. The highest BCUT2D eigenvalue weighted by atomic mass is 35.5. The monoisotopic (exact) mass is 585 g/mol. The molecule has 0 heterocycles. The van der Waals surface area contributed by atoms with E-state index in [0.29, 0.717) is 28.1 Å². The van der Waals surface area contributed by atoms with Gasteiger partial charge in [0.15, 0.2) is 0 Å². The molecule has 0 bridgehead atoms. The Labute approximate surface area is 236 Å². The third-order valence-electron chi connectivity index (χ3n) is 6.09. The molecule has 0 unspecified atom stereocenters. The summed E-state index contributed by atoms with van der Waals surface area (Å²) in [5, 5.41) is 3.67. The minimum Gasteiger partial charge on any atom is -0.494 e. The van der Waals surface area contributed by atoms with E-state index in [9.17, 15) is 18.0 Å². The van der Waals surface area contributed by atoms with E-state index in [4.69, 9.17) is 27.9 Å². The molecule has 210 valence electrons. The summed E-state index contributed by atoms with van der Waals surface area (Å²) in [6.07, 6.45) is 2.19. The molecule has 8 nitrogen and oxygen atoms in total. The molecule has 38 heavy (non-hydrogen) atoms. The van der Waals surface area contributed by atoms with Gasteiger partial charge >= 0.3 is 0 Å². The maximum atomic E-state index is 13.4. The van der Waals surface area contributed by atoms with Crippen LogP contribution in [-0.2, 0) is 26.2 Å². The van der Waals surface area contributed by atoms with Gasteiger partial charge in [0.2, 0.25) is 21.8 Å². The number of halogens is 2. The van der Waals surface area contributed by atoms with Gasteiger partial charge in [0.1, 0.15) is 11.8 Å². The van der Waals surface area contributed by atoms with E-state index in [1.807, 2.05) is 20.8 Å². The third kappa shape index (κ3) is 9.36. The third-order valence-corrected chi connectivity index (χ3v) is 8.03. The van der Waals surface area contributed by atoms with Crippen molar-refractivity contribution in [2.24, 2.45) is 0 Å². The molecule has 0 saturated heterocycles. The van der Waals surface area contributed by atoms with E-state index in [2.05, 4.69) is 5.32 Å². The van der Waals surface area contributed by atoms with Gasteiger partial charge in [-0.05, 0) is 75.6 Å². The number of hydrogen-bond donors (Lipinski definition) is 1. The van der Waals surface area contributed by atoms with Gasteiger partial charge in [-0.1, -0.05) is 36.2 Å². The molecular formula is C27H37Cl2N3O5S. The van der Waals surface area contributed by atoms with Crippen molar-refractivity contribution in [1.82, 2.24) is 10.2 Å². The van der Waals surface area contributed by atoms with Gasteiger partial charge in [0, 0.05) is 25.6 Å². The Morgan fingerprint density at radius 3 is 2.24 bits per heavy atom. The molecule has 1 N–H and O–H groups in total. The summed E-state index contributed by atoms with van der Waals surface area (Å²) in [5.74, 6) is 0.102. The van der Waals surface area contributed by atoms with E-state index < -0.39 is 16.1 Å². The zero-order chi connectivity index (χ0) is 28.5. The fourth-order valence-electron chi connectivity index (χ4n) is 3.76. The Bertz CT molecular complexity index is 1190. The molecule has 2 aromatic rings. The Balaban J connectivity index is 2.19. The fourth-order valence-corrected chi connectivity index (χ4v) is 5.05. The van der Waals surface area contributed by atoms with Crippen LogP contribution in [0.3, 0.4) is 0 Å². The Kier molecular flexibility index (Phi) is 12.2. The first kappa shape index (κ1) is 31.7. The number of rotatable bonds is 14. The largest absolute Gasteiger partial charge is 0.494 e. The van der Waals surface area contributed by atoms with Gasteiger partial charge in [-0.3, -0.25) is 13.9 Å². The minimum absolute atomic E-state index is 0.0377. The first-order valence-electron chi connectivity index (χ1n) is 12.6. The molecule has 0 aliphatic rings. The maximum Gasteiger partial charge on any atom is 0.242 e. The predicted molar refractivity (Wildman–Crippen MR) is 153 cm³/mol. The molecular weight excluding hydrogens is 549 g/mol. The highest BCUT2D eigenvalue weighted by molar-refractivity contribution is 7.92. The summed E-state index contributed by atoms with van der Waals surface area (Å²) in [6, 6.07) is 11.0. The molecule has 2 amide bonds. The van der Waals surface area contributed by atoms with Crippen LogP contribution in [-0.4, -0.2) is 56.6 Å². The molecule has 11 heteroatoms. The van der Waals surface area contributed by atoms with Crippen LogP contribution in [0, 0.1) is 0 Å². The van der Waals surface area contributed by atoms with Crippen molar-refractivity contribution in [3.05, 3.63) is 58.1 Å². The molecule has 2 aromatic carbocycles. The lowest BCUT2D eigenvalue weighted by atomic mass is 10.1. The summed E-state index contributed by atoms with van der Waals surface area (Å²) in [4.78, 5) is 27.8. The van der Waals surface area contributed by atoms with Crippen LogP contribution in [0.1, 0.15) is 52.5 Å². The summed E-state index contributed by atoms with van der Waals surface area (Å²) >= 11 is 12.2. The number of carbonyl (C=O) groups excluding carboxylic acids is 2. The van der Waals surface area contributed by atoms with Crippen LogP contribution in [0.2, 0.25) is 10.0 Å². The van der Waals surface area contributed by atoms with Crippen LogP contribution >= 0.6 is 23.2 Å². The van der Waals surface area contributed by atoms with Gasteiger partial charge in [-0.15, -0.1) is 0 Å². The zero-order valence-electron chi connectivity index (χ0n) is 22.5. The zero-order valence-corrected chi connectivity index (χ0v) is 24.9. The molecule has 0 aliphatic carbocycles. The van der Waals surface area contributed by atoms with Crippen molar-refractivity contribution in [2.45, 2.75) is 65.6 Å². The van der Waals surface area contributed by atoms with Crippen molar-refractivity contribution in [3.8, 4) is 5.75 Å². The van der Waals surface area contributed by atoms with Crippen molar-refractivity contribution in [1.29, 1.82) is 0 Å². The predicted octanol–water partition coefficient (Wildman–Crippen LogP) is 5.27. The molecule has 0 saturated carbocycles. The first-order chi connectivity index (χ1) is 17.9. The lowest BCUT2D eigenvalue weighted by Crippen LogP contribution is -2.49. The molecule has 0 fully saturated rings. The van der Waals surface area contributed by atoms with E-state index >= 15 is 0 Å². The number of sulfonamides is 1. The normalized spacial score (nSPS) is 12.9. The highest BCUT2D eigenvalue weighted by Crippen LogP contribution is 2.25. The van der Waals surface area contributed by atoms with E-state index in [1.54, 1.807) is 49.4 Å². The number of anilines is 1. The Morgan fingerprint density at radius 2 is 1.68 bits per heavy atom. The quantitative estimate of drug-likeness (QED) is 0.326. The summed E-state index contributed by atoms with van der Waals surface area (Å²) in [5.41, 5.74) is 1.21. The Hall–Kier alpha value is -2.49. The average Bonchev–Trinajstić information content (AvgIpc) is 2.86. The topological polar surface area (TPSA) is 96.0 Å². The van der Waals surface area contributed by atoms with Gasteiger partial charge in [0.25, 0.3) is 0 Å². The number of nitrogens with zero attached hydrogens (tertiary/aromatic N) is 2. The smallest absolute Gasteiger partial charge is 0.242 e. The second-order valence-electron chi connectivity index (χ2n) is 9.13. The number of amides is 2. The van der Waals surface area contributed by atoms with Gasteiger partial charge in [-0.2, -0.15) is 0 Å². The number of carbonyl (C=O) groups is 2. The lowest BCUT2D eigenvalue weighted by Gasteiger charge is -2.30. The SMILES string of the molecule is CCOc1ccc(N(CCCC(=O)N(Cc2ccc(Cl)c(Cl)c2)[C@@H](C)C(=O)N[C@H](C)CC)S(C)(=O)=O)cc1. The van der Waals surface area contributed by atoms with E-state index in [1.165, 1.54) is 9.21 Å². The van der Waals surface area contributed by atoms with Crippen molar-refractivity contribution < 1.29 is 22.7 Å². The van der Waals surface area contributed by atoms with Crippen molar-refractivity contribution in [2.75, 3.05) is 23.7 Å². The van der Waals surface area contributed by atoms with E-state index in [0.717, 1.165) is 18.2 Å². The fraction of sp³-hybridized carbons (Fsp3) is 0.481. The highest BCUT2D eigenvalue weighted by Gasteiger charge is 2.27. The second-order valence-corrected chi connectivity index (χ2v) is 11.9. The van der Waals surface area contributed by atoms with Gasteiger partial charge < -0.3 is 15.0 Å². The second kappa shape index (κ2) is 14.6. The molecule has 2 atom stereocenters. The lowest BCUT2D eigenvalue weighted by molar-refractivity contribution is -0.140. The molecule has 0 spiro atoms. The molecule has 0 radical (unpaired) electrons. The molecule has 2 rings (SSSR count). The van der Waals surface area contributed by atoms with Crippen molar-refractivity contribution >= 4 is 50.7 Å². The van der Waals surface area contributed by atoms with Crippen LogP contribution in [0.4, 0.5) is 5.69 Å². The van der Waals surface area contributed by atoms with Gasteiger partial charge in [0.05, 0.1) is 28.6 Å². The molecule has 0 aromatic heterocycles. The number of nitrogens with one attached hydrogen (secondary N) is 1. The van der Waals surface area contributed by atoms with Crippen LogP contribution < -0.4 is 14.4 Å². The Morgan fingerprint density at radius 1 is 1.03 bits per heavy atom. The number of hydrogen-bond acceptors (Lipinski definition) is 5. The van der Waals surface area contributed by atoms with Crippen LogP contribution in [0.5, 0.6) is 5.75 Å². The standard InChI is InChI=1S/C27H37Cl2N3O5S/c1-6-19(3)30-27(34)20(4)31(18-21-10-15-24(28)25(29)17-21)26(33)9-8-16-32(38(5,35)36)22-11-13-23(14-12-22)37-7-2/h10-15,17,19-20H,6-9,16,18H2,1-5H3,(H,30,34)/t19-,20+/m1/s1. The van der Waals surface area contributed by atoms with Crippen LogP contribution in [0.25, 0.3) is 0 Å². The number of benzene rings is 2. The minimum atomic E-state index is -3.59. The maximum absolute atomic E-state index is 13.4.